The highest BCUT2D eigenvalue weighted by molar-refractivity contribution is 9.10. The molecule has 0 heterocycles. The molecular formula is C28H31BrN2O2. The van der Waals surface area contributed by atoms with Crippen molar-refractivity contribution in [3.05, 3.63) is 105 Å². The molecular weight excluding hydrogens is 476 g/mol. The van der Waals surface area contributed by atoms with E-state index in [1.54, 1.807) is 4.90 Å². The van der Waals surface area contributed by atoms with Gasteiger partial charge in [-0.3, -0.25) is 9.59 Å². The minimum absolute atomic E-state index is 0.0628. The molecule has 172 valence electrons. The van der Waals surface area contributed by atoms with E-state index in [0.717, 1.165) is 32.3 Å². The molecule has 0 bridgehead atoms. The molecule has 0 aliphatic carbocycles. The molecule has 3 aromatic carbocycles. The normalized spacial score (nSPS) is 11.6. The summed E-state index contributed by atoms with van der Waals surface area (Å²) < 4.78 is 0.944. The van der Waals surface area contributed by atoms with Crippen molar-refractivity contribution in [2.45, 2.75) is 46.2 Å². The fourth-order valence-corrected chi connectivity index (χ4v) is 4.57. The van der Waals surface area contributed by atoms with Crippen LogP contribution in [0.5, 0.6) is 0 Å². The SMILES string of the molecule is CCNC(=O)C(Cc1ccccc1)N(Cc1cccc(Br)c1)C(=O)Cc1cc(C)cc(C)c1. The molecule has 4 nitrogen and oxygen atoms in total. The van der Waals surface area contributed by atoms with Gasteiger partial charge in [-0.2, -0.15) is 0 Å². The smallest absolute Gasteiger partial charge is 0.243 e. The van der Waals surface area contributed by atoms with Crippen LogP contribution in [0.25, 0.3) is 0 Å². The summed E-state index contributed by atoms with van der Waals surface area (Å²) in [5.41, 5.74) is 5.21. The van der Waals surface area contributed by atoms with E-state index in [1.807, 2.05) is 87.5 Å². The number of aryl methyl sites for hydroxylation is 2. The van der Waals surface area contributed by atoms with E-state index in [4.69, 9.17) is 0 Å². The number of halogens is 1. The maximum Gasteiger partial charge on any atom is 0.243 e. The van der Waals surface area contributed by atoms with E-state index in [2.05, 4.69) is 27.3 Å². The predicted octanol–water partition coefficient (Wildman–Crippen LogP) is 5.38. The minimum Gasteiger partial charge on any atom is -0.355 e. The van der Waals surface area contributed by atoms with Crippen LogP contribution in [-0.4, -0.2) is 29.3 Å². The van der Waals surface area contributed by atoms with Crippen molar-refractivity contribution < 1.29 is 9.59 Å². The summed E-state index contributed by atoms with van der Waals surface area (Å²) in [6.45, 7) is 6.84. The van der Waals surface area contributed by atoms with Crippen LogP contribution in [0, 0.1) is 13.8 Å². The van der Waals surface area contributed by atoms with Crippen LogP contribution in [-0.2, 0) is 29.0 Å². The molecule has 0 fully saturated rings. The van der Waals surface area contributed by atoms with Crippen molar-refractivity contribution in [3.63, 3.8) is 0 Å². The molecule has 1 unspecified atom stereocenters. The lowest BCUT2D eigenvalue weighted by Gasteiger charge is -2.31. The molecule has 1 atom stereocenters. The van der Waals surface area contributed by atoms with Crippen LogP contribution >= 0.6 is 15.9 Å². The van der Waals surface area contributed by atoms with E-state index < -0.39 is 6.04 Å². The van der Waals surface area contributed by atoms with Crippen LogP contribution in [0.15, 0.2) is 77.3 Å². The molecule has 33 heavy (non-hydrogen) atoms. The van der Waals surface area contributed by atoms with Gasteiger partial charge in [-0.15, -0.1) is 0 Å². The number of amides is 2. The predicted molar refractivity (Wildman–Crippen MR) is 137 cm³/mol. The first-order chi connectivity index (χ1) is 15.9. The Bertz CT molecular complexity index is 1080. The number of rotatable bonds is 9. The summed E-state index contributed by atoms with van der Waals surface area (Å²) in [5, 5.41) is 2.94. The summed E-state index contributed by atoms with van der Waals surface area (Å²) in [7, 11) is 0. The van der Waals surface area contributed by atoms with Crippen molar-refractivity contribution in [2.24, 2.45) is 0 Å². The van der Waals surface area contributed by atoms with Gasteiger partial charge in [0.05, 0.1) is 6.42 Å². The molecule has 3 aromatic rings. The zero-order valence-corrected chi connectivity index (χ0v) is 21.1. The summed E-state index contributed by atoms with van der Waals surface area (Å²) in [6, 6.07) is 23.3. The van der Waals surface area contributed by atoms with Crippen molar-refractivity contribution in [3.8, 4) is 0 Å². The van der Waals surface area contributed by atoms with Gasteiger partial charge in [0.25, 0.3) is 0 Å². The maximum absolute atomic E-state index is 13.7. The van der Waals surface area contributed by atoms with Gasteiger partial charge in [0, 0.05) is 24.0 Å². The Hall–Kier alpha value is -2.92. The number of hydrogen-bond acceptors (Lipinski definition) is 2. The highest BCUT2D eigenvalue weighted by Crippen LogP contribution is 2.19. The first kappa shape index (κ1) is 24.7. The van der Waals surface area contributed by atoms with Crippen LogP contribution in [0.3, 0.4) is 0 Å². The van der Waals surface area contributed by atoms with Crippen LogP contribution in [0.2, 0.25) is 0 Å². The quantitative estimate of drug-likeness (QED) is 0.423. The van der Waals surface area contributed by atoms with Gasteiger partial charge < -0.3 is 10.2 Å². The molecule has 0 saturated heterocycles. The lowest BCUT2D eigenvalue weighted by Crippen LogP contribution is -2.50. The van der Waals surface area contributed by atoms with Crippen molar-refractivity contribution >= 4 is 27.7 Å². The lowest BCUT2D eigenvalue weighted by atomic mass is 10.0. The average Bonchev–Trinajstić information content (AvgIpc) is 2.76. The van der Waals surface area contributed by atoms with E-state index in [9.17, 15) is 9.59 Å². The number of carbonyl (C=O) groups is 2. The second kappa shape index (κ2) is 11.8. The van der Waals surface area contributed by atoms with E-state index in [1.165, 1.54) is 0 Å². The second-order valence-electron chi connectivity index (χ2n) is 8.42. The average molecular weight is 507 g/mol. The molecule has 2 amide bonds. The van der Waals surface area contributed by atoms with Gasteiger partial charge >= 0.3 is 0 Å². The van der Waals surface area contributed by atoms with E-state index >= 15 is 0 Å². The van der Waals surface area contributed by atoms with Gasteiger partial charge in [-0.1, -0.05) is 87.7 Å². The Kier molecular flexibility index (Phi) is 8.84. The fraction of sp³-hybridized carbons (Fsp3) is 0.286. The summed E-state index contributed by atoms with van der Waals surface area (Å²) in [5.74, 6) is -0.197. The number of likely N-dealkylation sites (N-methyl/N-ethyl adjacent to an activating group) is 1. The highest BCUT2D eigenvalue weighted by atomic mass is 79.9. The molecule has 0 saturated carbocycles. The largest absolute Gasteiger partial charge is 0.355 e. The number of hydrogen-bond donors (Lipinski definition) is 1. The monoisotopic (exact) mass is 506 g/mol. The topological polar surface area (TPSA) is 49.4 Å². The summed E-state index contributed by atoms with van der Waals surface area (Å²) in [4.78, 5) is 28.6. The third kappa shape index (κ3) is 7.29. The molecule has 0 aliphatic heterocycles. The van der Waals surface area contributed by atoms with Crippen LogP contribution < -0.4 is 5.32 Å². The molecule has 0 spiro atoms. The molecule has 0 aromatic heterocycles. The summed E-state index contributed by atoms with van der Waals surface area (Å²) >= 11 is 3.52. The van der Waals surface area contributed by atoms with Crippen molar-refractivity contribution in [1.82, 2.24) is 10.2 Å². The molecule has 1 N–H and O–H groups in total. The van der Waals surface area contributed by atoms with Crippen molar-refractivity contribution in [2.75, 3.05) is 6.54 Å². The Morgan fingerprint density at radius 1 is 0.879 bits per heavy atom. The zero-order chi connectivity index (χ0) is 23.8. The van der Waals surface area contributed by atoms with Gasteiger partial charge in [0.1, 0.15) is 6.04 Å². The van der Waals surface area contributed by atoms with Crippen molar-refractivity contribution in [1.29, 1.82) is 0 Å². The number of benzene rings is 3. The maximum atomic E-state index is 13.7. The van der Waals surface area contributed by atoms with Gasteiger partial charge in [-0.25, -0.2) is 0 Å². The Morgan fingerprint density at radius 2 is 1.55 bits per heavy atom. The Morgan fingerprint density at radius 3 is 2.18 bits per heavy atom. The molecule has 0 radical (unpaired) electrons. The molecule has 3 rings (SSSR count). The van der Waals surface area contributed by atoms with E-state index in [-0.39, 0.29) is 18.2 Å². The highest BCUT2D eigenvalue weighted by Gasteiger charge is 2.30. The molecule has 0 aliphatic rings. The summed E-state index contributed by atoms with van der Waals surface area (Å²) in [6.07, 6.45) is 0.709. The standard InChI is InChI=1S/C28H31BrN2O2/c1-4-30-28(33)26(17-22-9-6-5-7-10-22)31(19-23-11-8-12-25(29)16-23)27(32)18-24-14-20(2)13-21(3)15-24/h5-16,26H,4,17-19H2,1-3H3,(H,30,33). The first-order valence-corrected chi connectivity index (χ1v) is 12.1. The second-order valence-corrected chi connectivity index (χ2v) is 9.34. The Labute approximate surface area is 205 Å². The van der Waals surface area contributed by atoms with E-state index in [0.29, 0.717) is 19.5 Å². The minimum atomic E-state index is -0.607. The lowest BCUT2D eigenvalue weighted by molar-refractivity contribution is -0.140. The fourth-order valence-electron chi connectivity index (χ4n) is 4.13. The van der Waals surface area contributed by atoms with Gasteiger partial charge in [0.15, 0.2) is 0 Å². The van der Waals surface area contributed by atoms with Crippen LogP contribution in [0.1, 0.15) is 34.7 Å². The number of nitrogens with zero attached hydrogens (tertiary/aromatic N) is 1. The third-order valence-corrected chi connectivity index (χ3v) is 5.99. The van der Waals surface area contributed by atoms with Gasteiger partial charge in [0.2, 0.25) is 11.8 Å². The first-order valence-electron chi connectivity index (χ1n) is 11.3. The van der Waals surface area contributed by atoms with Crippen LogP contribution in [0.4, 0.5) is 0 Å². The zero-order valence-electron chi connectivity index (χ0n) is 19.5. The Balaban J connectivity index is 1.97. The molecule has 5 heteroatoms. The number of carbonyl (C=O) groups excluding carboxylic acids is 2. The number of nitrogens with one attached hydrogen (secondary N) is 1. The third-order valence-electron chi connectivity index (χ3n) is 5.50. The van der Waals surface area contributed by atoms with Gasteiger partial charge in [-0.05, 0) is 49.6 Å².